The third-order valence-corrected chi connectivity index (χ3v) is 11.3. The summed E-state index contributed by atoms with van der Waals surface area (Å²) >= 11 is 7.56. The van der Waals surface area contributed by atoms with Crippen LogP contribution in [0, 0.1) is 0 Å². The Morgan fingerprint density at radius 1 is 1.13 bits per heavy atom. The molecule has 4 rings (SSSR count). The van der Waals surface area contributed by atoms with Gasteiger partial charge in [-0.1, -0.05) is 17.7 Å². The van der Waals surface area contributed by atoms with E-state index in [0.717, 1.165) is 25.9 Å². The van der Waals surface area contributed by atoms with E-state index in [1.54, 1.807) is 11.3 Å². The lowest BCUT2D eigenvalue weighted by atomic mass is 10.2. The van der Waals surface area contributed by atoms with Gasteiger partial charge in [-0.3, -0.25) is 4.90 Å². The maximum Gasteiger partial charge on any atom is 0.183 e. The smallest absolute Gasteiger partial charge is 0.183 e. The Morgan fingerprint density at radius 3 is 2.47 bits per heavy atom. The van der Waals surface area contributed by atoms with Crippen LogP contribution in [0.1, 0.15) is 23.8 Å². The van der Waals surface area contributed by atoms with Crippen LogP contribution in [0.5, 0.6) is 0 Å². The van der Waals surface area contributed by atoms with Gasteiger partial charge >= 0.3 is 0 Å². The SMILES string of the molecule is O=S1(=O)C[C@H](NCC(c2cccs2)N2CCCC2)[C@@H](S(=O)(=O)c2ccc(Cl)cc2)C1. The van der Waals surface area contributed by atoms with Crippen LogP contribution in [0.2, 0.25) is 5.02 Å². The molecular weight excluding hydrogens is 464 g/mol. The highest BCUT2D eigenvalue weighted by molar-refractivity contribution is 7.96. The first-order valence-electron chi connectivity index (χ1n) is 9.97. The Balaban J connectivity index is 1.56. The molecule has 0 aliphatic carbocycles. The molecule has 3 atom stereocenters. The molecule has 0 spiro atoms. The summed E-state index contributed by atoms with van der Waals surface area (Å²) in [5.41, 5.74) is 0. The second-order valence-electron chi connectivity index (χ2n) is 7.90. The molecule has 1 aromatic heterocycles. The summed E-state index contributed by atoms with van der Waals surface area (Å²) in [5.74, 6) is -0.523. The molecule has 0 amide bonds. The topological polar surface area (TPSA) is 83.6 Å². The molecule has 2 aliphatic rings. The molecule has 2 fully saturated rings. The van der Waals surface area contributed by atoms with E-state index in [1.165, 1.54) is 29.1 Å². The van der Waals surface area contributed by atoms with Gasteiger partial charge < -0.3 is 5.32 Å². The van der Waals surface area contributed by atoms with Crippen molar-refractivity contribution < 1.29 is 16.8 Å². The van der Waals surface area contributed by atoms with Crippen molar-refractivity contribution in [3.8, 4) is 0 Å². The standard InChI is InChI=1S/C20H25ClN2O4S3/c21-15-5-7-16(8-6-15)30(26,27)20-14-29(24,25)13-17(20)22-12-18(19-4-3-11-28-19)23-9-1-2-10-23/h3-8,11,17-18,20,22H,1-2,9-10,12-14H2/t17-,18?,20-/m0/s1. The van der Waals surface area contributed by atoms with Crippen LogP contribution < -0.4 is 5.32 Å². The van der Waals surface area contributed by atoms with Crippen molar-refractivity contribution in [2.75, 3.05) is 31.1 Å². The second kappa shape index (κ2) is 8.88. The monoisotopic (exact) mass is 488 g/mol. The van der Waals surface area contributed by atoms with Gasteiger partial charge in [0.2, 0.25) is 0 Å². The first-order valence-corrected chi connectivity index (χ1v) is 14.6. The van der Waals surface area contributed by atoms with Crippen molar-refractivity contribution in [2.24, 2.45) is 0 Å². The second-order valence-corrected chi connectivity index (χ2v) is 13.6. The van der Waals surface area contributed by atoms with Gasteiger partial charge in [-0.05, 0) is 61.6 Å². The Hall–Kier alpha value is -0.970. The van der Waals surface area contributed by atoms with Gasteiger partial charge in [-0.15, -0.1) is 11.3 Å². The average molecular weight is 489 g/mol. The summed E-state index contributed by atoms with van der Waals surface area (Å²) in [5, 5.41) is 4.78. The molecule has 0 radical (unpaired) electrons. The van der Waals surface area contributed by atoms with Gasteiger partial charge in [0, 0.05) is 22.5 Å². The van der Waals surface area contributed by atoms with Crippen LogP contribution in [0.15, 0.2) is 46.7 Å². The Bertz CT molecular complexity index is 1060. The van der Waals surface area contributed by atoms with Crippen LogP contribution in [-0.4, -0.2) is 64.2 Å². The number of hydrogen-bond acceptors (Lipinski definition) is 7. The van der Waals surface area contributed by atoms with E-state index in [2.05, 4.69) is 16.3 Å². The fourth-order valence-electron chi connectivity index (χ4n) is 4.32. The predicted molar refractivity (Wildman–Crippen MR) is 121 cm³/mol. The maximum absolute atomic E-state index is 13.2. The van der Waals surface area contributed by atoms with Gasteiger partial charge in [0.05, 0.1) is 27.7 Å². The predicted octanol–water partition coefficient (Wildman–Crippen LogP) is 2.77. The van der Waals surface area contributed by atoms with Crippen LogP contribution in [0.4, 0.5) is 0 Å². The minimum atomic E-state index is -3.81. The van der Waals surface area contributed by atoms with Crippen LogP contribution in [0.25, 0.3) is 0 Å². The molecule has 1 N–H and O–H groups in total. The summed E-state index contributed by atoms with van der Waals surface area (Å²) in [6.07, 6.45) is 2.29. The number of thiophene rings is 1. The summed E-state index contributed by atoms with van der Waals surface area (Å²) < 4.78 is 51.2. The molecular formula is C20H25ClN2O4S3. The van der Waals surface area contributed by atoms with E-state index in [0.29, 0.717) is 11.6 Å². The molecule has 164 valence electrons. The molecule has 6 nitrogen and oxygen atoms in total. The molecule has 2 aliphatic heterocycles. The molecule has 0 bridgehead atoms. The Kier molecular flexibility index (Phi) is 6.58. The average Bonchev–Trinajstić information content (AvgIpc) is 3.44. The Labute approximate surface area is 187 Å². The van der Waals surface area contributed by atoms with Crippen LogP contribution in [-0.2, 0) is 19.7 Å². The summed E-state index contributed by atoms with van der Waals surface area (Å²) in [6.45, 7) is 2.52. The normalized spacial score (nSPS) is 25.5. The minimum absolute atomic E-state index is 0.107. The van der Waals surface area contributed by atoms with E-state index in [-0.39, 0.29) is 22.4 Å². The van der Waals surface area contributed by atoms with Crippen LogP contribution >= 0.6 is 22.9 Å². The lowest BCUT2D eigenvalue weighted by molar-refractivity contribution is 0.237. The zero-order valence-corrected chi connectivity index (χ0v) is 19.6. The zero-order valence-electron chi connectivity index (χ0n) is 16.4. The highest BCUT2D eigenvalue weighted by Crippen LogP contribution is 2.30. The summed E-state index contributed by atoms with van der Waals surface area (Å²) in [4.78, 5) is 3.71. The third-order valence-electron chi connectivity index (χ3n) is 5.87. The van der Waals surface area contributed by atoms with Gasteiger partial charge in [-0.25, -0.2) is 16.8 Å². The number of rotatable bonds is 7. The quantitative estimate of drug-likeness (QED) is 0.645. The molecule has 3 heterocycles. The van der Waals surface area contributed by atoms with E-state index in [4.69, 9.17) is 11.6 Å². The van der Waals surface area contributed by atoms with Crippen molar-refractivity contribution in [1.29, 1.82) is 0 Å². The molecule has 2 saturated heterocycles. The fourth-order valence-corrected chi connectivity index (χ4v) is 10.0. The van der Waals surface area contributed by atoms with Gasteiger partial charge in [0.15, 0.2) is 19.7 Å². The molecule has 10 heteroatoms. The number of nitrogens with zero attached hydrogens (tertiary/aromatic N) is 1. The van der Waals surface area contributed by atoms with E-state index in [9.17, 15) is 16.8 Å². The van der Waals surface area contributed by atoms with E-state index in [1.807, 2.05) is 11.4 Å². The lowest BCUT2D eigenvalue weighted by Crippen LogP contribution is -2.46. The van der Waals surface area contributed by atoms with Crippen LogP contribution in [0.3, 0.4) is 0 Å². The zero-order chi connectivity index (χ0) is 21.4. The highest BCUT2D eigenvalue weighted by atomic mass is 35.5. The largest absolute Gasteiger partial charge is 0.310 e. The van der Waals surface area contributed by atoms with Crippen molar-refractivity contribution in [2.45, 2.75) is 35.1 Å². The first-order chi connectivity index (χ1) is 14.3. The minimum Gasteiger partial charge on any atom is -0.310 e. The molecule has 2 aromatic rings. The van der Waals surface area contributed by atoms with Gasteiger partial charge in [0.25, 0.3) is 0 Å². The molecule has 30 heavy (non-hydrogen) atoms. The van der Waals surface area contributed by atoms with Crippen molar-refractivity contribution >= 4 is 42.6 Å². The van der Waals surface area contributed by atoms with Crippen molar-refractivity contribution in [3.63, 3.8) is 0 Å². The molecule has 0 saturated carbocycles. The highest BCUT2D eigenvalue weighted by Gasteiger charge is 2.46. The number of benzene rings is 1. The van der Waals surface area contributed by atoms with Crippen molar-refractivity contribution in [3.05, 3.63) is 51.7 Å². The number of nitrogens with one attached hydrogen (secondary N) is 1. The number of halogens is 1. The molecule has 1 aromatic carbocycles. The molecule has 1 unspecified atom stereocenters. The lowest BCUT2D eigenvalue weighted by Gasteiger charge is -2.29. The number of sulfone groups is 2. The Morgan fingerprint density at radius 2 is 1.83 bits per heavy atom. The van der Waals surface area contributed by atoms with E-state index >= 15 is 0 Å². The fraction of sp³-hybridized carbons (Fsp3) is 0.500. The number of likely N-dealkylation sites (tertiary alicyclic amines) is 1. The summed E-state index contributed by atoms with van der Waals surface area (Å²) in [7, 11) is -7.25. The van der Waals surface area contributed by atoms with Crippen molar-refractivity contribution in [1.82, 2.24) is 10.2 Å². The summed E-state index contributed by atoms with van der Waals surface area (Å²) in [6, 6.07) is 9.49. The van der Waals surface area contributed by atoms with Gasteiger partial charge in [0.1, 0.15) is 0 Å². The third kappa shape index (κ3) is 4.76. The first kappa shape index (κ1) is 22.2. The maximum atomic E-state index is 13.2. The number of hydrogen-bond donors (Lipinski definition) is 1. The van der Waals surface area contributed by atoms with E-state index < -0.39 is 31.0 Å². The van der Waals surface area contributed by atoms with Gasteiger partial charge in [-0.2, -0.15) is 0 Å².